The fraction of sp³-hybridized carbons (Fsp3) is 0.538. The number of nitrogens with zero attached hydrogens (tertiary/aromatic N) is 1. The highest BCUT2D eigenvalue weighted by Crippen LogP contribution is 2.37. The van der Waals surface area contributed by atoms with Crippen molar-refractivity contribution in [3.05, 3.63) is 32.8 Å². The van der Waals surface area contributed by atoms with E-state index in [0.717, 1.165) is 25.3 Å². The molecule has 1 aliphatic rings. The van der Waals surface area contributed by atoms with Crippen LogP contribution in [0.25, 0.3) is 0 Å². The number of halogens is 1. The lowest BCUT2D eigenvalue weighted by Gasteiger charge is -2.10. The van der Waals surface area contributed by atoms with Crippen LogP contribution in [-0.4, -0.2) is 19.4 Å². The molecule has 0 spiro atoms. The van der Waals surface area contributed by atoms with Gasteiger partial charge in [-0.25, -0.2) is 13.1 Å². The topological polar surface area (TPSA) is 89.3 Å². The molecule has 0 saturated heterocycles. The van der Waals surface area contributed by atoms with E-state index in [-0.39, 0.29) is 16.0 Å². The molecule has 1 saturated carbocycles. The highest BCUT2D eigenvalue weighted by Gasteiger charge is 2.39. The lowest BCUT2D eigenvalue weighted by molar-refractivity contribution is -0.384. The third-order valence-corrected chi connectivity index (χ3v) is 5.55. The van der Waals surface area contributed by atoms with Crippen molar-refractivity contribution < 1.29 is 13.3 Å². The first-order chi connectivity index (χ1) is 9.76. The highest BCUT2D eigenvalue weighted by molar-refractivity contribution is 7.89. The van der Waals surface area contributed by atoms with Crippen LogP contribution < -0.4 is 4.72 Å². The Bertz CT molecular complexity index is 675. The van der Waals surface area contributed by atoms with Crippen molar-refractivity contribution in [2.45, 2.75) is 44.0 Å². The molecule has 0 aliphatic heterocycles. The second-order valence-electron chi connectivity index (χ2n) is 5.34. The second-order valence-corrected chi connectivity index (χ2v) is 7.43. The van der Waals surface area contributed by atoms with Crippen molar-refractivity contribution in [3.8, 4) is 0 Å². The summed E-state index contributed by atoms with van der Waals surface area (Å²) < 4.78 is 27.3. The van der Waals surface area contributed by atoms with Crippen LogP contribution in [0, 0.1) is 23.0 Å². The maximum atomic E-state index is 12.4. The van der Waals surface area contributed by atoms with Gasteiger partial charge in [0.2, 0.25) is 10.0 Å². The van der Waals surface area contributed by atoms with Crippen LogP contribution in [0.3, 0.4) is 0 Å². The van der Waals surface area contributed by atoms with E-state index in [4.69, 9.17) is 11.6 Å². The molecule has 1 N–H and O–H groups in total. The molecule has 6 nitrogen and oxygen atoms in total. The monoisotopic (exact) mass is 332 g/mol. The lowest BCUT2D eigenvalue weighted by atomic mass is 10.2. The summed E-state index contributed by atoms with van der Waals surface area (Å²) >= 11 is 5.77. The van der Waals surface area contributed by atoms with Gasteiger partial charge < -0.3 is 0 Å². The quantitative estimate of drug-likeness (QED) is 0.640. The van der Waals surface area contributed by atoms with Gasteiger partial charge in [0.1, 0.15) is 5.02 Å². The van der Waals surface area contributed by atoms with E-state index in [9.17, 15) is 18.5 Å². The van der Waals surface area contributed by atoms with Gasteiger partial charge in [-0.1, -0.05) is 24.9 Å². The van der Waals surface area contributed by atoms with E-state index in [1.54, 1.807) is 6.92 Å². The van der Waals surface area contributed by atoms with E-state index in [0.29, 0.717) is 11.5 Å². The van der Waals surface area contributed by atoms with Gasteiger partial charge >= 0.3 is 0 Å². The van der Waals surface area contributed by atoms with Crippen molar-refractivity contribution in [1.29, 1.82) is 0 Å². The molecule has 1 fully saturated rings. The van der Waals surface area contributed by atoms with Crippen LogP contribution >= 0.6 is 11.6 Å². The zero-order valence-corrected chi connectivity index (χ0v) is 13.4. The van der Waals surface area contributed by atoms with Crippen LogP contribution in [-0.2, 0) is 10.0 Å². The minimum atomic E-state index is -3.76. The fourth-order valence-corrected chi connectivity index (χ4v) is 4.27. The Hall–Kier alpha value is -1.18. The van der Waals surface area contributed by atoms with Crippen LogP contribution in [0.2, 0.25) is 5.02 Å². The van der Waals surface area contributed by atoms with Gasteiger partial charge in [-0.2, -0.15) is 0 Å². The summed E-state index contributed by atoms with van der Waals surface area (Å²) in [6, 6.07) is 2.27. The fourth-order valence-electron chi connectivity index (χ4n) is 2.42. The van der Waals surface area contributed by atoms with Gasteiger partial charge in [0.05, 0.1) is 9.82 Å². The van der Waals surface area contributed by atoms with Crippen molar-refractivity contribution in [2.24, 2.45) is 5.92 Å². The smallest absolute Gasteiger partial charge is 0.258 e. The first-order valence-electron chi connectivity index (χ1n) is 6.73. The zero-order valence-electron chi connectivity index (χ0n) is 11.8. The van der Waals surface area contributed by atoms with E-state index in [1.165, 1.54) is 6.07 Å². The van der Waals surface area contributed by atoms with Crippen molar-refractivity contribution in [2.75, 3.05) is 0 Å². The number of aryl methyl sites for hydroxylation is 1. The molecule has 2 rings (SSSR count). The van der Waals surface area contributed by atoms with Gasteiger partial charge in [-0.05, 0) is 37.3 Å². The molecular formula is C13H17ClN2O4S. The third kappa shape index (κ3) is 3.53. The van der Waals surface area contributed by atoms with Gasteiger partial charge in [-0.15, -0.1) is 0 Å². The number of nitro benzene ring substituents is 1. The molecule has 0 heterocycles. The Balaban J connectivity index is 2.28. The summed E-state index contributed by atoms with van der Waals surface area (Å²) in [6.07, 6.45) is 2.81. The maximum Gasteiger partial charge on any atom is 0.289 e. The Labute approximate surface area is 128 Å². The molecular weight excluding hydrogens is 316 g/mol. The molecule has 0 aromatic heterocycles. The van der Waals surface area contributed by atoms with Gasteiger partial charge in [0.25, 0.3) is 5.69 Å². The standard InChI is InChI=1S/C13H17ClN2O4S/c1-3-4-9-6-11(9)15-21(19,20)13-7-12(16(17)18)10(14)5-8(13)2/h5,7,9,11,15H,3-4,6H2,1-2H3. The summed E-state index contributed by atoms with van der Waals surface area (Å²) in [6.45, 7) is 3.62. The summed E-state index contributed by atoms with van der Waals surface area (Å²) in [5.41, 5.74) is -0.00524. The summed E-state index contributed by atoms with van der Waals surface area (Å²) in [5.74, 6) is 0.368. The molecule has 21 heavy (non-hydrogen) atoms. The van der Waals surface area contributed by atoms with E-state index >= 15 is 0 Å². The molecule has 0 amide bonds. The highest BCUT2D eigenvalue weighted by atomic mass is 35.5. The SMILES string of the molecule is CCCC1CC1NS(=O)(=O)c1cc([N+](=O)[O-])c(Cl)cc1C. The Kier molecular flexibility index (Phi) is 4.55. The molecule has 2 unspecified atom stereocenters. The number of sulfonamides is 1. The van der Waals surface area contributed by atoms with Crippen LogP contribution in [0.15, 0.2) is 17.0 Å². The third-order valence-electron chi connectivity index (χ3n) is 3.62. The zero-order chi connectivity index (χ0) is 15.8. The molecule has 1 aromatic carbocycles. The normalized spacial score (nSPS) is 21.3. The van der Waals surface area contributed by atoms with Gasteiger partial charge in [-0.3, -0.25) is 10.1 Å². The van der Waals surface area contributed by atoms with Crippen molar-refractivity contribution in [3.63, 3.8) is 0 Å². The number of rotatable bonds is 6. The summed E-state index contributed by atoms with van der Waals surface area (Å²) in [5, 5.41) is 10.8. The lowest BCUT2D eigenvalue weighted by Crippen LogP contribution is -2.27. The first-order valence-corrected chi connectivity index (χ1v) is 8.59. The molecule has 1 aromatic rings. The molecule has 0 radical (unpaired) electrons. The predicted molar refractivity (Wildman–Crippen MR) is 80.0 cm³/mol. The summed E-state index contributed by atoms with van der Waals surface area (Å²) in [4.78, 5) is 10.1. The number of hydrogen-bond acceptors (Lipinski definition) is 4. The predicted octanol–water partition coefficient (Wildman–Crippen LogP) is 3.02. The Morgan fingerprint density at radius 2 is 2.14 bits per heavy atom. The molecule has 0 bridgehead atoms. The van der Waals surface area contributed by atoms with E-state index in [2.05, 4.69) is 11.6 Å². The average Bonchev–Trinajstić information content (AvgIpc) is 3.05. The van der Waals surface area contributed by atoms with Crippen molar-refractivity contribution >= 4 is 27.3 Å². The number of nitrogens with one attached hydrogen (secondary N) is 1. The molecule has 8 heteroatoms. The molecule has 2 atom stereocenters. The number of hydrogen-bond donors (Lipinski definition) is 1. The number of nitro groups is 1. The van der Waals surface area contributed by atoms with Crippen molar-refractivity contribution in [1.82, 2.24) is 4.72 Å². The maximum absolute atomic E-state index is 12.4. The largest absolute Gasteiger partial charge is 0.289 e. The Morgan fingerprint density at radius 1 is 1.48 bits per heavy atom. The van der Waals surface area contributed by atoms with Crippen LogP contribution in [0.4, 0.5) is 5.69 Å². The van der Waals surface area contributed by atoms with Gasteiger partial charge in [0, 0.05) is 12.1 Å². The molecule has 116 valence electrons. The second kappa shape index (κ2) is 5.90. The van der Waals surface area contributed by atoms with Gasteiger partial charge in [0.15, 0.2) is 0 Å². The van der Waals surface area contributed by atoms with Crippen LogP contribution in [0.1, 0.15) is 31.7 Å². The molecule has 1 aliphatic carbocycles. The van der Waals surface area contributed by atoms with E-state index < -0.39 is 20.6 Å². The average molecular weight is 333 g/mol. The van der Waals surface area contributed by atoms with Crippen LogP contribution in [0.5, 0.6) is 0 Å². The number of benzene rings is 1. The Morgan fingerprint density at radius 3 is 2.71 bits per heavy atom. The minimum absolute atomic E-state index is 0.0632. The van der Waals surface area contributed by atoms with E-state index in [1.807, 2.05) is 0 Å². The minimum Gasteiger partial charge on any atom is -0.258 e. The summed E-state index contributed by atoms with van der Waals surface area (Å²) in [7, 11) is -3.76. The first kappa shape index (κ1) is 16.2.